The quantitative estimate of drug-likeness (QED) is 0.487. The molecule has 0 aromatic carbocycles. The Labute approximate surface area is 246 Å². The second kappa shape index (κ2) is 8.93. The van der Waals surface area contributed by atoms with Crippen molar-refractivity contribution in [3.63, 3.8) is 0 Å². The van der Waals surface area contributed by atoms with Gasteiger partial charge in [0.15, 0.2) is 12.4 Å². The van der Waals surface area contributed by atoms with Crippen molar-refractivity contribution in [2.75, 3.05) is 32.9 Å². The smallest absolute Gasteiger partial charge is 0.332 e. The second-order valence-corrected chi connectivity index (χ2v) is 16.9. The standard InChI is InChI=1S/C34H53NO6/c1-20-14-22(29(36)37)40-23-15-32(5)25-7-6-24-30(2,3)26(41-27-16-35(12-13-39-27)21-17-38-18-21)8-9-33(24)19-34(25,33)11-10-31(32,4)28(20)23/h20-28H,6-19H2,1-5H3,(H,36,37)/t20-,22?,23?,24?,25+,26+,27?,28?,31-,32+,33?,34+/m1/s1. The van der Waals surface area contributed by atoms with E-state index < -0.39 is 12.1 Å². The van der Waals surface area contributed by atoms with Gasteiger partial charge in [-0.05, 0) is 109 Å². The molecule has 0 bridgehead atoms. The first-order chi connectivity index (χ1) is 19.5. The summed E-state index contributed by atoms with van der Waals surface area (Å²) >= 11 is 0. The molecule has 0 radical (unpaired) electrons. The first-order valence-corrected chi connectivity index (χ1v) is 16.9. The molecule has 6 unspecified atom stereocenters. The zero-order valence-corrected chi connectivity index (χ0v) is 26.0. The van der Waals surface area contributed by atoms with E-state index in [-0.39, 0.29) is 34.7 Å². The van der Waals surface area contributed by atoms with E-state index >= 15 is 0 Å². The normalized spacial score (nSPS) is 55.9. The van der Waals surface area contributed by atoms with E-state index in [2.05, 4.69) is 39.5 Å². The lowest BCUT2D eigenvalue weighted by Crippen LogP contribution is -2.59. The van der Waals surface area contributed by atoms with Crippen LogP contribution in [0.1, 0.15) is 92.4 Å². The molecule has 7 heteroatoms. The molecule has 8 aliphatic rings. The Kier molecular flexibility index (Phi) is 6.05. The van der Waals surface area contributed by atoms with Gasteiger partial charge in [-0.2, -0.15) is 0 Å². The summed E-state index contributed by atoms with van der Waals surface area (Å²) in [4.78, 5) is 14.4. The molecule has 8 rings (SSSR count). The summed E-state index contributed by atoms with van der Waals surface area (Å²) in [5.41, 5.74) is 1.50. The topological polar surface area (TPSA) is 77.5 Å². The molecule has 12 atom stereocenters. The Hall–Kier alpha value is -0.730. The summed E-state index contributed by atoms with van der Waals surface area (Å²) < 4.78 is 24.9. The summed E-state index contributed by atoms with van der Waals surface area (Å²) in [6, 6.07) is 0.537. The van der Waals surface area contributed by atoms with Crippen molar-refractivity contribution in [2.24, 2.45) is 50.7 Å². The lowest BCUT2D eigenvalue weighted by atomic mass is 9.41. The van der Waals surface area contributed by atoms with Crippen LogP contribution in [0.5, 0.6) is 0 Å². The van der Waals surface area contributed by atoms with Crippen LogP contribution < -0.4 is 0 Å². The molecule has 7 nitrogen and oxygen atoms in total. The highest BCUT2D eigenvalue weighted by molar-refractivity contribution is 5.72. The van der Waals surface area contributed by atoms with Crippen LogP contribution >= 0.6 is 0 Å². The number of ether oxygens (including phenoxy) is 4. The van der Waals surface area contributed by atoms with Crippen LogP contribution in [0.3, 0.4) is 0 Å². The number of hydrogen-bond acceptors (Lipinski definition) is 6. The van der Waals surface area contributed by atoms with Gasteiger partial charge >= 0.3 is 5.97 Å². The number of nitrogens with zero attached hydrogens (tertiary/aromatic N) is 1. The summed E-state index contributed by atoms with van der Waals surface area (Å²) in [5.74, 6) is 1.54. The fourth-order valence-corrected chi connectivity index (χ4v) is 13.4. The summed E-state index contributed by atoms with van der Waals surface area (Å²) in [6.45, 7) is 16.8. The molecule has 0 amide bonds. The fourth-order valence-electron chi connectivity index (χ4n) is 13.4. The van der Waals surface area contributed by atoms with Crippen LogP contribution in [0.4, 0.5) is 0 Å². The van der Waals surface area contributed by atoms with Gasteiger partial charge in [0.05, 0.1) is 44.6 Å². The zero-order chi connectivity index (χ0) is 28.6. The van der Waals surface area contributed by atoms with Crippen LogP contribution in [0, 0.1) is 50.7 Å². The molecule has 0 aromatic rings. The molecule has 8 fully saturated rings. The molecule has 0 aromatic heterocycles. The van der Waals surface area contributed by atoms with Crippen molar-refractivity contribution in [2.45, 2.75) is 123 Å². The molecule has 5 aliphatic carbocycles. The highest BCUT2D eigenvalue weighted by Crippen LogP contribution is 2.89. The average molecular weight is 572 g/mol. The van der Waals surface area contributed by atoms with Crippen molar-refractivity contribution in [3.05, 3.63) is 0 Å². The van der Waals surface area contributed by atoms with Crippen LogP contribution in [0.15, 0.2) is 0 Å². The number of aliphatic carboxylic acids is 1. The number of morpholine rings is 1. The largest absolute Gasteiger partial charge is 0.479 e. The summed E-state index contributed by atoms with van der Waals surface area (Å²) in [6.07, 6.45) is 10.4. The lowest BCUT2D eigenvalue weighted by Gasteiger charge is -2.63. The number of carboxylic acid groups (broad SMARTS) is 1. The predicted octanol–water partition coefficient (Wildman–Crippen LogP) is 5.36. The van der Waals surface area contributed by atoms with Gasteiger partial charge in [-0.25, -0.2) is 4.79 Å². The lowest BCUT2D eigenvalue weighted by molar-refractivity contribution is -0.255. The van der Waals surface area contributed by atoms with E-state index in [0.29, 0.717) is 41.0 Å². The van der Waals surface area contributed by atoms with Gasteiger partial charge in [0.25, 0.3) is 0 Å². The van der Waals surface area contributed by atoms with Crippen molar-refractivity contribution < 1.29 is 28.8 Å². The van der Waals surface area contributed by atoms with Crippen LogP contribution in [0.25, 0.3) is 0 Å². The number of carbonyl (C=O) groups is 1. The summed E-state index contributed by atoms with van der Waals surface area (Å²) in [5, 5.41) is 9.80. The van der Waals surface area contributed by atoms with Crippen molar-refractivity contribution in [1.82, 2.24) is 4.90 Å². The highest BCUT2D eigenvalue weighted by atomic mass is 16.7. The van der Waals surface area contributed by atoms with Gasteiger partial charge in [0.1, 0.15) is 0 Å². The third-order valence-electron chi connectivity index (χ3n) is 15.4. The van der Waals surface area contributed by atoms with E-state index in [1.807, 2.05) is 0 Å². The van der Waals surface area contributed by atoms with E-state index in [9.17, 15) is 9.90 Å². The fraction of sp³-hybridized carbons (Fsp3) is 0.971. The number of hydrogen-bond donors (Lipinski definition) is 1. The molecule has 1 N–H and O–H groups in total. The van der Waals surface area contributed by atoms with E-state index in [4.69, 9.17) is 18.9 Å². The third-order valence-corrected chi connectivity index (χ3v) is 15.4. The van der Waals surface area contributed by atoms with Crippen LogP contribution in [0.2, 0.25) is 0 Å². The molecule has 2 spiro atoms. The van der Waals surface area contributed by atoms with E-state index in [0.717, 1.165) is 51.7 Å². The molecular formula is C34H53NO6. The van der Waals surface area contributed by atoms with Gasteiger partial charge in [0, 0.05) is 6.54 Å². The minimum Gasteiger partial charge on any atom is -0.479 e. The molecule has 3 aliphatic heterocycles. The number of fused-ring (bicyclic) bond motifs is 4. The van der Waals surface area contributed by atoms with Gasteiger partial charge in [-0.3, -0.25) is 4.90 Å². The Morgan fingerprint density at radius 1 is 0.976 bits per heavy atom. The molecule has 3 heterocycles. The van der Waals surface area contributed by atoms with Gasteiger partial charge < -0.3 is 24.1 Å². The molecule has 41 heavy (non-hydrogen) atoms. The van der Waals surface area contributed by atoms with Crippen molar-refractivity contribution in [3.8, 4) is 0 Å². The molecule has 230 valence electrons. The number of rotatable bonds is 4. The predicted molar refractivity (Wildman–Crippen MR) is 153 cm³/mol. The van der Waals surface area contributed by atoms with E-state index in [1.54, 1.807) is 0 Å². The van der Waals surface area contributed by atoms with Gasteiger partial charge in [0.2, 0.25) is 0 Å². The Bertz CT molecular complexity index is 1090. The van der Waals surface area contributed by atoms with E-state index in [1.165, 1.54) is 38.5 Å². The zero-order valence-electron chi connectivity index (χ0n) is 26.0. The first kappa shape index (κ1) is 27.8. The second-order valence-electron chi connectivity index (χ2n) is 16.9. The maximum Gasteiger partial charge on any atom is 0.332 e. The number of carboxylic acids is 1. The average Bonchev–Trinajstić information content (AvgIpc) is 3.48. The minimum absolute atomic E-state index is 0.0968. The summed E-state index contributed by atoms with van der Waals surface area (Å²) in [7, 11) is 0. The van der Waals surface area contributed by atoms with Crippen LogP contribution in [-0.2, 0) is 23.7 Å². The molecule has 3 saturated heterocycles. The highest BCUT2D eigenvalue weighted by Gasteiger charge is 2.83. The molecular weight excluding hydrogens is 518 g/mol. The van der Waals surface area contributed by atoms with Gasteiger partial charge in [-0.15, -0.1) is 0 Å². The van der Waals surface area contributed by atoms with Crippen molar-refractivity contribution in [1.29, 1.82) is 0 Å². The Balaban J connectivity index is 1.02. The molecule has 5 saturated carbocycles. The third kappa shape index (κ3) is 3.53. The first-order valence-electron chi connectivity index (χ1n) is 16.9. The van der Waals surface area contributed by atoms with Crippen LogP contribution in [-0.4, -0.2) is 79.5 Å². The van der Waals surface area contributed by atoms with Crippen molar-refractivity contribution >= 4 is 5.97 Å². The van der Waals surface area contributed by atoms with Gasteiger partial charge in [-0.1, -0.05) is 34.6 Å². The Morgan fingerprint density at radius 2 is 1.73 bits per heavy atom. The Morgan fingerprint density at radius 3 is 2.46 bits per heavy atom. The SMILES string of the molecule is C[C@@H]1CC(C(=O)O)OC2C[C@@]3(C)[C@@H]4CCC5C(C)(C)[C@@H](OC6CN(C7COC7)CCO6)CCC56C[C@@]46CC[C@]3(C)C21. The maximum atomic E-state index is 11.9. The monoisotopic (exact) mass is 571 g/mol. The minimum atomic E-state index is -0.775. The maximum absolute atomic E-state index is 11.9.